The third-order valence-corrected chi connectivity index (χ3v) is 5.97. The average Bonchev–Trinajstić information content (AvgIpc) is 2.56. The number of methoxy groups -OCH3 is 1. The van der Waals surface area contributed by atoms with E-state index in [1.165, 1.54) is 7.11 Å². The number of alkyl halides is 1. The number of unbranched alkanes of at least 4 members (excludes halogenated alkanes) is 10. The Morgan fingerprint density at radius 1 is 0.750 bits per heavy atom. The molecule has 0 spiro atoms. The summed E-state index contributed by atoms with van der Waals surface area (Å²) in [7, 11) is -1.55. The van der Waals surface area contributed by atoms with Crippen LogP contribution in [0.3, 0.4) is 0 Å². The molecule has 24 heavy (non-hydrogen) atoms. The van der Waals surface area contributed by atoms with E-state index >= 15 is 0 Å². The molecule has 0 aliphatic rings. The first kappa shape index (κ1) is 23.4. The number of sulfone groups is 1. The molecule has 0 amide bonds. The summed E-state index contributed by atoms with van der Waals surface area (Å²) in [5.41, 5.74) is 0. The van der Waals surface area contributed by atoms with Gasteiger partial charge in [-0.15, -0.1) is 0 Å². The maximum absolute atomic E-state index is 11.9. The van der Waals surface area contributed by atoms with E-state index in [-0.39, 0.29) is 24.1 Å². The van der Waals surface area contributed by atoms with Gasteiger partial charge in [0.15, 0.2) is 0 Å². The van der Waals surface area contributed by atoms with Crippen molar-refractivity contribution in [2.75, 3.05) is 25.3 Å². The lowest BCUT2D eigenvalue weighted by Crippen LogP contribution is -2.11. The lowest BCUT2D eigenvalue weighted by molar-refractivity contribution is -0.140. The van der Waals surface area contributed by atoms with Gasteiger partial charge in [0.05, 0.1) is 25.3 Å². The molecule has 0 aromatic rings. The van der Waals surface area contributed by atoms with Crippen molar-refractivity contribution in [1.82, 2.24) is 0 Å². The number of rotatable bonds is 17. The molecule has 0 aromatic carbocycles. The quantitative estimate of drug-likeness (QED) is 0.278. The molecule has 0 radical (unpaired) electrons. The molecule has 0 aliphatic carbocycles. The summed E-state index contributed by atoms with van der Waals surface area (Å²) < 4.78 is 40.3. The van der Waals surface area contributed by atoms with Crippen LogP contribution in [0, 0.1) is 0 Å². The van der Waals surface area contributed by atoms with E-state index in [1.807, 2.05) is 0 Å². The van der Waals surface area contributed by atoms with E-state index in [4.69, 9.17) is 0 Å². The third kappa shape index (κ3) is 16.2. The molecule has 0 saturated heterocycles. The van der Waals surface area contributed by atoms with Gasteiger partial charge in [0, 0.05) is 6.42 Å². The molecule has 0 atom stereocenters. The minimum Gasteiger partial charge on any atom is -0.469 e. The Morgan fingerprint density at radius 3 is 1.62 bits per heavy atom. The predicted octanol–water partition coefficient (Wildman–Crippen LogP) is 4.62. The van der Waals surface area contributed by atoms with Crippen molar-refractivity contribution in [3.8, 4) is 0 Å². The number of carbonyl (C=O) groups is 1. The molecule has 0 saturated carbocycles. The molecule has 0 bridgehead atoms. The summed E-state index contributed by atoms with van der Waals surface area (Å²) >= 11 is 0. The largest absolute Gasteiger partial charge is 0.469 e. The first-order chi connectivity index (χ1) is 11.5. The van der Waals surface area contributed by atoms with Crippen LogP contribution in [0.15, 0.2) is 0 Å². The lowest BCUT2D eigenvalue weighted by atomic mass is 10.1. The zero-order valence-corrected chi connectivity index (χ0v) is 16.0. The van der Waals surface area contributed by atoms with Crippen LogP contribution in [0.4, 0.5) is 4.39 Å². The fourth-order valence-corrected chi connectivity index (χ4v) is 4.12. The fraction of sp³-hybridized carbons (Fsp3) is 0.944. The molecular formula is C18H35FO4S. The van der Waals surface area contributed by atoms with Gasteiger partial charge in [-0.2, -0.15) is 0 Å². The molecule has 144 valence electrons. The van der Waals surface area contributed by atoms with Crippen LogP contribution in [-0.2, 0) is 19.4 Å². The number of halogens is 1. The van der Waals surface area contributed by atoms with Crippen molar-refractivity contribution < 1.29 is 22.3 Å². The van der Waals surface area contributed by atoms with Crippen LogP contribution < -0.4 is 0 Å². The number of hydrogen-bond donors (Lipinski definition) is 0. The zero-order valence-electron chi connectivity index (χ0n) is 15.2. The summed E-state index contributed by atoms with van der Waals surface area (Å²) in [6.45, 7) is -0.219. The Hall–Kier alpha value is -0.650. The Balaban J connectivity index is 3.44. The normalized spacial score (nSPS) is 11.6. The van der Waals surface area contributed by atoms with Crippen molar-refractivity contribution in [2.24, 2.45) is 0 Å². The summed E-state index contributed by atoms with van der Waals surface area (Å²) in [5.74, 6) is 0.343. The van der Waals surface area contributed by atoms with Crippen LogP contribution in [0.1, 0.15) is 83.5 Å². The minimum absolute atomic E-state index is 0.204. The van der Waals surface area contributed by atoms with Gasteiger partial charge in [-0.1, -0.05) is 51.4 Å². The first-order valence-corrected chi connectivity index (χ1v) is 11.2. The average molecular weight is 367 g/mol. The number of ether oxygens (including phenoxy) is 1. The Labute approximate surface area is 147 Å². The van der Waals surface area contributed by atoms with Crippen molar-refractivity contribution in [3.05, 3.63) is 0 Å². The summed E-state index contributed by atoms with van der Waals surface area (Å²) in [6.07, 6.45) is 11.3. The smallest absolute Gasteiger partial charge is 0.305 e. The second kappa shape index (κ2) is 15.9. The molecule has 6 heteroatoms. The van der Waals surface area contributed by atoms with E-state index in [2.05, 4.69) is 4.74 Å². The van der Waals surface area contributed by atoms with Crippen LogP contribution in [-0.4, -0.2) is 39.7 Å². The monoisotopic (exact) mass is 366 g/mol. The highest BCUT2D eigenvalue weighted by Gasteiger charge is 2.10. The SMILES string of the molecule is COC(=O)CCCCCCS(=O)(=O)CCCCCCCCCCF. The van der Waals surface area contributed by atoms with E-state index in [1.54, 1.807) is 0 Å². The Bertz CT molecular complexity index is 396. The van der Waals surface area contributed by atoms with Crippen LogP contribution in [0.25, 0.3) is 0 Å². The molecule has 0 heterocycles. The Morgan fingerprint density at radius 2 is 1.17 bits per heavy atom. The van der Waals surface area contributed by atoms with Gasteiger partial charge in [0.1, 0.15) is 9.84 Å². The van der Waals surface area contributed by atoms with Gasteiger partial charge in [-0.05, 0) is 25.7 Å². The van der Waals surface area contributed by atoms with Crippen molar-refractivity contribution in [1.29, 1.82) is 0 Å². The van der Waals surface area contributed by atoms with Crippen molar-refractivity contribution in [3.63, 3.8) is 0 Å². The molecule has 0 unspecified atom stereocenters. The standard InChI is InChI=1S/C18H35FO4S/c1-23-18(20)14-10-6-9-13-17-24(21,22)16-12-8-5-3-2-4-7-11-15-19/h2-17H2,1H3. The molecule has 0 aliphatic heterocycles. The topological polar surface area (TPSA) is 60.4 Å². The fourth-order valence-electron chi connectivity index (χ4n) is 2.63. The third-order valence-electron chi connectivity index (χ3n) is 4.15. The van der Waals surface area contributed by atoms with E-state index in [0.717, 1.165) is 64.2 Å². The van der Waals surface area contributed by atoms with Gasteiger partial charge in [0.2, 0.25) is 0 Å². The van der Waals surface area contributed by atoms with Crippen LogP contribution in [0.2, 0.25) is 0 Å². The van der Waals surface area contributed by atoms with Gasteiger partial charge in [0.25, 0.3) is 0 Å². The lowest BCUT2D eigenvalue weighted by Gasteiger charge is -2.05. The van der Waals surface area contributed by atoms with Gasteiger partial charge in [-0.25, -0.2) is 8.42 Å². The van der Waals surface area contributed by atoms with Gasteiger partial charge >= 0.3 is 5.97 Å². The summed E-state index contributed by atoms with van der Waals surface area (Å²) in [5, 5.41) is 0. The first-order valence-electron chi connectivity index (χ1n) is 9.35. The van der Waals surface area contributed by atoms with Gasteiger partial charge < -0.3 is 4.74 Å². The minimum atomic E-state index is -2.93. The van der Waals surface area contributed by atoms with E-state index in [9.17, 15) is 17.6 Å². The molecule has 4 nitrogen and oxygen atoms in total. The maximum atomic E-state index is 11.9. The highest BCUT2D eigenvalue weighted by molar-refractivity contribution is 7.91. The van der Waals surface area contributed by atoms with Crippen molar-refractivity contribution >= 4 is 15.8 Å². The summed E-state index contributed by atoms with van der Waals surface area (Å²) in [4.78, 5) is 10.9. The second-order valence-electron chi connectivity index (χ2n) is 6.41. The maximum Gasteiger partial charge on any atom is 0.305 e. The molecular weight excluding hydrogens is 331 g/mol. The molecule has 0 aromatic heterocycles. The van der Waals surface area contributed by atoms with Gasteiger partial charge in [-0.3, -0.25) is 9.18 Å². The highest BCUT2D eigenvalue weighted by atomic mass is 32.2. The van der Waals surface area contributed by atoms with E-state index in [0.29, 0.717) is 19.3 Å². The van der Waals surface area contributed by atoms with Crippen LogP contribution in [0.5, 0.6) is 0 Å². The molecule has 0 fully saturated rings. The van der Waals surface area contributed by atoms with Crippen molar-refractivity contribution in [2.45, 2.75) is 83.5 Å². The zero-order chi connectivity index (χ0) is 18.1. The summed E-state index contributed by atoms with van der Waals surface area (Å²) in [6, 6.07) is 0. The highest BCUT2D eigenvalue weighted by Crippen LogP contribution is 2.11. The number of esters is 1. The second-order valence-corrected chi connectivity index (χ2v) is 8.71. The number of hydrogen-bond acceptors (Lipinski definition) is 4. The number of carbonyl (C=O) groups excluding carboxylic acids is 1. The Kier molecular flexibility index (Phi) is 15.4. The van der Waals surface area contributed by atoms with E-state index < -0.39 is 9.84 Å². The van der Waals surface area contributed by atoms with Crippen LogP contribution >= 0.6 is 0 Å². The molecule has 0 rings (SSSR count). The molecule has 0 N–H and O–H groups in total. The predicted molar refractivity (Wildman–Crippen MR) is 96.7 cm³/mol.